The third-order valence-corrected chi connectivity index (χ3v) is 7.20. The molecular weight excluding hydrogens is 435 g/mol. The van der Waals surface area contributed by atoms with Gasteiger partial charge in [-0.15, -0.1) is 0 Å². The highest BCUT2D eigenvalue weighted by atomic mass is 16.5. The normalized spacial score (nSPS) is 12.8. The molecule has 1 radical (unpaired) electrons. The van der Waals surface area contributed by atoms with Gasteiger partial charge in [0.2, 0.25) is 0 Å². The lowest BCUT2D eigenvalue weighted by Crippen LogP contribution is -2.49. The van der Waals surface area contributed by atoms with Crippen molar-refractivity contribution in [1.82, 2.24) is 0 Å². The number of fused-ring (bicyclic) bond motifs is 6. The van der Waals surface area contributed by atoms with Crippen molar-refractivity contribution in [3.8, 4) is 11.1 Å². The lowest BCUT2D eigenvalue weighted by atomic mass is 9.80. The van der Waals surface area contributed by atoms with Gasteiger partial charge in [-0.25, -0.2) is 0 Å². The Morgan fingerprint density at radius 2 is 1.17 bits per heavy atom. The molecule has 0 atom stereocenters. The van der Waals surface area contributed by atoms with E-state index >= 15 is 0 Å². The predicted molar refractivity (Wildman–Crippen MR) is 143 cm³/mol. The van der Waals surface area contributed by atoms with Gasteiger partial charge in [0.05, 0.1) is 11.2 Å². The first-order chi connectivity index (χ1) is 16.7. The first-order valence-electron chi connectivity index (χ1n) is 11.8. The number of benzene rings is 4. The zero-order valence-electron chi connectivity index (χ0n) is 20.3. The Labute approximate surface area is 204 Å². The number of hydrogen-bond donors (Lipinski definition) is 1. The molecule has 0 saturated carbocycles. The lowest BCUT2D eigenvalue weighted by molar-refractivity contribution is -0.0893. The Hall–Kier alpha value is -3.54. The molecule has 0 aliphatic heterocycles. The SMILES string of the molecule is CC(C)(O)C(C)(C)O[B]c1cccc2oc3cccc(-c4cccc5oc6ccccc6c45)c3c12. The zero-order valence-corrected chi connectivity index (χ0v) is 20.3. The van der Waals surface area contributed by atoms with E-state index in [0.717, 1.165) is 60.5 Å². The topological polar surface area (TPSA) is 55.7 Å². The van der Waals surface area contributed by atoms with E-state index in [0.29, 0.717) is 0 Å². The summed E-state index contributed by atoms with van der Waals surface area (Å²) in [6, 6.07) is 26.4. The van der Waals surface area contributed by atoms with Gasteiger partial charge in [0.15, 0.2) is 0 Å². The summed E-state index contributed by atoms with van der Waals surface area (Å²) in [6.07, 6.45) is 0. The molecule has 6 aromatic rings. The molecule has 6 rings (SSSR count). The summed E-state index contributed by atoms with van der Waals surface area (Å²) in [5, 5.41) is 14.7. The van der Waals surface area contributed by atoms with E-state index in [2.05, 4.69) is 18.2 Å². The molecule has 173 valence electrons. The minimum atomic E-state index is -1.01. The average Bonchev–Trinajstić information content (AvgIpc) is 3.40. The maximum atomic E-state index is 10.6. The van der Waals surface area contributed by atoms with Gasteiger partial charge < -0.3 is 18.6 Å². The maximum absolute atomic E-state index is 10.6. The fourth-order valence-corrected chi connectivity index (χ4v) is 4.57. The van der Waals surface area contributed by atoms with E-state index in [1.54, 1.807) is 21.3 Å². The monoisotopic (exact) mass is 461 g/mol. The molecule has 35 heavy (non-hydrogen) atoms. The summed E-state index contributed by atoms with van der Waals surface area (Å²) < 4.78 is 18.6. The van der Waals surface area contributed by atoms with Gasteiger partial charge in [-0.05, 0) is 68.6 Å². The third-order valence-electron chi connectivity index (χ3n) is 7.20. The molecule has 2 aromatic heterocycles. The fourth-order valence-electron chi connectivity index (χ4n) is 4.57. The second-order valence-electron chi connectivity index (χ2n) is 10.1. The summed E-state index contributed by atoms with van der Waals surface area (Å²) in [5.74, 6) is 0. The molecule has 0 spiro atoms. The first kappa shape index (κ1) is 22.0. The van der Waals surface area contributed by atoms with Crippen LogP contribution in [-0.2, 0) is 4.65 Å². The Morgan fingerprint density at radius 1 is 0.629 bits per heavy atom. The Kier molecular flexibility index (Phi) is 4.86. The van der Waals surface area contributed by atoms with Crippen LogP contribution in [0.25, 0.3) is 55.0 Å². The van der Waals surface area contributed by atoms with Gasteiger partial charge in [-0.3, -0.25) is 0 Å². The Morgan fingerprint density at radius 3 is 1.89 bits per heavy atom. The van der Waals surface area contributed by atoms with Crippen molar-refractivity contribution in [3.05, 3.63) is 78.9 Å². The zero-order chi connectivity index (χ0) is 24.4. The highest BCUT2D eigenvalue weighted by Gasteiger charge is 2.36. The highest BCUT2D eigenvalue weighted by Crippen LogP contribution is 2.41. The Bertz CT molecular complexity index is 1720. The van der Waals surface area contributed by atoms with E-state index in [9.17, 15) is 5.11 Å². The second kappa shape index (κ2) is 7.74. The van der Waals surface area contributed by atoms with Crippen molar-refractivity contribution >= 4 is 56.8 Å². The second-order valence-corrected chi connectivity index (χ2v) is 10.1. The van der Waals surface area contributed by atoms with E-state index in [-0.39, 0.29) is 0 Å². The third kappa shape index (κ3) is 3.46. The summed E-state index contributed by atoms with van der Waals surface area (Å²) in [4.78, 5) is 0. The van der Waals surface area contributed by atoms with Crippen LogP contribution >= 0.6 is 0 Å². The number of rotatable bonds is 5. The number of furan rings is 2. The fraction of sp³-hybridized carbons (Fsp3) is 0.200. The van der Waals surface area contributed by atoms with E-state index in [1.807, 2.05) is 74.5 Å². The molecule has 1 N–H and O–H groups in total. The summed E-state index contributed by atoms with van der Waals surface area (Å²) in [7, 11) is 1.74. The van der Waals surface area contributed by atoms with Crippen molar-refractivity contribution in [2.24, 2.45) is 0 Å². The standard InChI is InChI=1S/C30H26BO4/c1-29(2,32)30(3,4)35-31-21-13-9-17-25-28(21)27-19(12-8-16-24(27)34-25)18-11-7-15-23-26(18)20-10-5-6-14-22(20)33-23/h5-17,32H,1-4H3. The maximum Gasteiger partial charge on any atom is 0.331 e. The molecule has 0 unspecified atom stereocenters. The van der Waals surface area contributed by atoms with Crippen molar-refractivity contribution in [2.75, 3.05) is 0 Å². The molecule has 4 aromatic carbocycles. The van der Waals surface area contributed by atoms with E-state index in [1.165, 1.54) is 0 Å². The van der Waals surface area contributed by atoms with Crippen LogP contribution in [0.3, 0.4) is 0 Å². The largest absolute Gasteiger partial charge is 0.456 e. The minimum absolute atomic E-state index is 0.779. The van der Waals surface area contributed by atoms with Gasteiger partial charge in [0.1, 0.15) is 22.3 Å². The molecule has 0 fully saturated rings. The van der Waals surface area contributed by atoms with Gasteiger partial charge >= 0.3 is 7.48 Å². The van der Waals surface area contributed by atoms with Gasteiger partial charge in [0.25, 0.3) is 0 Å². The molecule has 0 bridgehead atoms. The van der Waals surface area contributed by atoms with Crippen LogP contribution in [0.15, 0.2) is 87.7 Å². The molecule has 5 heteroatoms. The van der Waals surface area contributed by atoms with Crippen LogP contribution in [0, 0.1) is 0 Å². The smallest absolute Gasteiger partial charge is 0.331 e. The van der Waals surface area contributed by atoms with Crippen LogP contribution in [0.5, 0.6) is 0 Å². The summed E-state index contributed by atoms with van der Waals surface area (Å²) in [6.45, 7) is 7.27. The number of para-hydroxylation sites is 1. The van der Waals surface area contributed by atoms with E-state index in [4.69, 9.17) is 13.5 Å². The van der Waals surface area contributed by atoms with Crippen LogP contribution in [-0.4, -0.2) is 23.8 Å². The molecule has 0 saturated heterocycles. The average molecular weight is 461 g/mol. The van der Waals surface area contributed by atoms with Crippen molar-refractivity contribution < 1.29 is 18.6 Å². The van der Waals surface area contributed by atoms with Gasteiger partial charge in [-0.2, -0.15) is 0 Å². The Balaban J connectivity index is 1.60. The summed E-state index contributed by atoms with van der Waals surface area (Å²) in [5.41, 5.74) is 4.59. The first-order valence-corrected chi connectivity index (χ1v) is 11.8. The quantitative estimate of drug-likeness (QED) is 0.282. The number of aliphatic hydroxyl groups is 1. The molecule has 0 amide bonds. The summed E-state index contributed by atoms with van der Waals surface area (Å²) >= 11 is 0. The molecular formula is C30H26BO4. The molecule has 0 aliphatic rings. The van der Waals surface area contributed by atoms with Crippen LogP contribution < -0.4 is 5.46 Å². The highest BCUT2D eigenvalue weighted by molar-refractivity contribution is 6.53. The van der Waals surface area contributed by atoms with Crippen molar-refractivity contribution in [2.45, 2.75) is 38.9 Å². The minimum Gasteiger partial charge on any atom is -0.456 e. The van der Waals surface area contributed by atoms with Crippen molar-refractivity contribution in [3.63, 3.8) is 0 Å². The van der Waals surface area contributed by atoms with Crippen LogP contribution in [0.1, 0.15) is 27.7 Å². The molecule has 4 nitrogen and oxygen atoms in total. The van der Waals surface area contributed by atoms with Gasteiger partial charge in [-0.1, -0.05) is 54.6 Å². The molecule has 2 heterocycles. The predicted octanol–water partition coefficient (Wildman–Crippen LogP) is 6.96. The lowest BCUT2D eigenvalue weighted by Gasteiger charge is -2.37. The van der Waals surface area contributed by atoms with Crippen LogP contribution in [0.2, 0.25) is 0 Å². The van der Waals surface area contributed by atoms with E-state index < -0.39 is 11.2 Å². The van der Waals surface area contributed by atoms with Crippen LogP contribution in [0.4, 0.5) is 0 Å². The number of hydrogen-bond acceptors (Lipinski definition) is 4. The van der Waals surface area contributed by atoms with Crippen molar-refractivity contribution in [1.29, 1.82) is 0 Å². The molecule has 0 aliphatic carbocycles. The van der Waals surface area contributed by atoms with Gasteiger partial charge in [0, 0.05) is 21.5 Å².